The van der Waals surface area contributed by atoms with Crippen LogP contribution in [0.2, 0.25) is 0 Å². The number of carbonyl (C=O) groups is 2. The summed E-state index contributed by atoms with van der Waals surface area (Å²) in [5, 5.41) is 4.66. The normalized spacial score (nSPS) is 23.1. The molecule has 8 nitrogen and oxygen atoms in total. The Morgan fingerprint density at radius 2 is 2.00 bits per heavy atom. The number of rotatable bonds is 5. The second kappa shape index (κ2) is 6.95. The third kappa shape index (κ3) is 3.14. The molecule has 2 heterocycles. The van der Waals surface area contributed by atoms with Gasteiger partial charge in [0.2, 0.25) is 5.91 Å². The van der Waals surface area contributed by atoms with Crippen LogP contribution in [0, 0.1) is 5.41 Å². The molecule has 0 atom stereocenters. The molecule has 152 valence electrons. The number of nitrogen functional groups attached to an aromatic ring is 1. The SMILES string of the molecule is C=CC(=O)N1CCC2(CC(n3nc(-c4ccc(OC)cc4)c(C(N)=O)c3N)C2)C1. The Labute approximate surface area is 169 Å². The molecule has 4 rings (SSSR count). The van der Waals surface area contributed by atoms with Gasteiger partial charge in [-0.05, 0) is 55.0 Å². The quantitative estimate of drug-likeness (QED) is 0.751. The van der Waals surface area contributed by atoms with Crippen molar-refractivity contribution in [3.63, 3.8) is 0 Å². The van der Waals surface area contributed by atoms with Crippen LogP contribution in [0.3, 0.4) is 0 Å². The highest BCUT2D eigenvalue weighted by Gasteiger charge is 2.50. The summed E-state index contributed by atoms with van der Waals surface area (Å²) in [4.78, 5) is 25.8. The third-order valence-electron chi connectivity index (χ3n) is 6.17. The fourth-order valence-corrected chi connectivity index (χ4v) is 4.62. The number of methoxy groups -OCH3 is 1. The zero-order valence-corrected chi connectivity index (χ0v) is 16.4. The molecule has 1 spiro atoms. The molecule has 0 radical (unpaired) electrons. The lowest BCUT2D eigenvalue weighted by Gasteiger charge is -2.45. The maximum Gasteiger partial charge on any atom is 0.254 e. The van der Waals surface area contributed by atoms with Crippen LogP contribution in [0.25, 0.3) is 11.3 Å². The molecule has 4 N–H and O–H groups in total. The fourth-order valence-electron chi connectivity index (χ4n) is 4.62. The highest BCUT2D eigenvalue weighted by Crippen LogP contribution is 2.54. The average molecular weight is 395 g/mol. The number of hydrogen-bond acceptors (Lipinski definition) is 5. The highest BCUT2D eigenvalue weighted by molar-refractivity contribution is 6.03. The van der Waals surface area contributed by atoms with Crippen molar-refractivity contribution in [2.45, 2.75) is 25.3 Å². The summed E-state index contributed by atoms with van der Waals surface area (Å²) in [6.07, 6.45) is 4.04. The van der Waals surface area contributed by atoms with Crippen LogP contribution in [0.5, 0.6) is 5.75 Å². The number of aromatic nitrogens is 2. The minimum absolute atomic E-state index is 0.0262. The van der Waals surface area contributed by atoms with Gasteiger partial charge in [0.15, 0.2) is 0 Å². The van der Waals surface area contributed by atoms with Crippen molar-refractivity contribution in [1.29, 1.82) is 0 Å². The number of amides is 2. The van der Waals surface area contributed by atoms with E-state index in [4.69, 9.17) is 16.2 Å². The van der Waals surface area contributed by atoms with Gasteiger partial charge in [-0.1, -0.05) is 6.58 Å². The van der Waals surface area contributed by atoms with Crippen molar-refractivity contribution >= 4 is 17.6 Å². The summed E-state index contributed by atoms with van der Waals surface area (Å²) < 4.78 is 6.91. The van der Waals surface area contributed by atoms with E-state index in [-0.39, 0.29) is 22.9 Å². The zero-order chi connectivity index (χ0) is 20.8. The molecular formula is C21H25N5O3. The summed E-state index contributed by atoms with van der Waals surface area (Å²) >= 11 is 0. The van der Waals surface area contributed by atoms with Crippen LogP contribution >= 0.6 is 0 Å². The van der Waals surface area contributed by atoms with Gasteiger partial charge < -0.3 is 21.1 Å². The Morgan fingerprint density at radius 1 is 1.31 bits per heavy atom. The number of nitrogens with zero attached hydrogens (tertiary/aromatic N) is 3. The second-order valence-corrected chi connectivity index (χ2v) is 7.92. The van der Waals surface area contributed by atoms with Gasteiger partial charge in [0.1, 0.15) is 22.8 Å². The number of hydrogen-bond donors (Lipinski definition) is 2. The van der Waals surface area contributed by atoms with Crippen LogP contribution < -0.4 is 16.2 Å². The predicted molar refractivity (Wildman–Crippen MR) is 109 cm³/mol. The van der Waals surface area contributed by atoms with Gasteiger partial charge >= 0.3 is 0 Å². The first kappa shape index (κ1) is 19.0. The molecule has 1 aromatic heterocycles. The average Bonchev–Trinajstić information content (AvgIpc) is 3.28. The number of anilines is 1. The summed E-state index contributed by atoms with van der Waals surface area (Å²) in [6, 6.07) is 7.35. The van der Waals surface area contributed by atoms with Crippen LogP contribution in [0.15, 0.2) is 36.9 Å². The second-order valence-electron chi connectivity index (χ2n) is 7.92. The Kier molecular flexibility index (Phi) is 4.56. The number of carbonyl (C=O) groups excluding carboxylic acids is 2. The van der Waals surface area contributed by atoms with Gasteiger partial charge in [-0.15, -0.1) is 0 Å². The summed E-state index contributed by atoms with van der Waals surface area (Å²) in [7, 11) is 1.59. The largest absolute Gasteiger partial charge is 0.497 e. The van der Waals surface area contributed by atoms with Gasteiger partial charge in [0, 0.05) is 18.7 Å². The molecule has 1 aliphatic heterocycles. The maximum absolute atomic E-state index is 12.1. The molecule has 8 heteroatoms. The molecular weight excluding hydrogens is 370 g/mol. The highest BCUT2D eigenvalue weighted by atomic mass is 16.5. The van der Waals surface area contributed by atoms with E-state index in [1.165, 1.54) is 6.08 Å². The number of ether oxygens (including phenoxy) is 1. The van der Waals surface area contributed by atoms with Crippen molar-refractivity contribution in [3.05, 3.63) is 42.5 Å². The lowest BCUT2D eigenvalue weighted by molar-refractivity contribution is -0.125. The Balaban J connectivity index is 1.59. The van der Waals surface area contributed by atoms with E-state index in [0.29, 0.717) is 17.3 Å². The van der Waals surface area contributed by atoms with Gasteiger partial charge in [-0.25, -0.2) is 4.68 Å². The summed E-state index contributed by atoms with van der Waals surface area (Å²) in [6.45, 7) is 5.04. The van der Waals surface area contributed by atoms with E-state index in [9.17, 15) is 9.59 Å². The Hall–Kier alpha value is -3.29. The minimum Gasteiger partial charge on any atom is -0.497 e. The first-order valence-electron chi connectivity index (χ1n) is 9.61. The molecule has 1 aromatic carbocycles. The van der Waals surface area contributed by atoms with E-state index in [1.54, 1.807) is 23.9 Å². The first-order valence-corrected chi connectivity index (χ1v) is 9.61. The predicted octanol–water partition coefficient (Wildman–Crippen LogP) is 1.98. The van der Waals surface area contributed by atoms with E-state index in [2.05, 4.69) is 11.7 Å². The molecule has 1 saturated carbocycles. The summed E-state index contributed by atoms with van der Waals surface area (Å²) in [5.74, 6) is 0.377. The topological polar surface area (TPSA) is 116 Å². The molecule has 2 fully saturated rings. The van der Waals surface area contributed by atoms with Crippen molar-refractivity contribution in [2.24, 2.45) is 11.1 Å². The molecule has 1 saturated heterocycles. The number of benzene rings is 1. The molecule has 1 aliphatic carbocycles. The minimum atomic E-state index is -0.600. The van der Waals surface area contributed by atoms with Gasteiger partial charge in [0.25, 0.3) is 5.91 Å². The van der Waals surface area contributed by atoms with E-state index in [0.717, 1.165) is 37.9 Å². The Bertz CT molecular complexity index is 973. The number of primary amides is 1. The molecule has 0 bridgehead atoms. The van der Waals surface area contributed by atoms with Gasteiger partial charge in [-0.2, -0.15) is 5.10 Å². The monoisotopic (exact) mass is 395 g/mol. The van der Waals surface area contributed by atoms with Crippen molar-refractivity contribution in [2.75, 3.05) is 25.9 Å². The molecule has 2 amide bonds. The first-order chi connectivity index (χ1) is 13.9. The molecule has 29 heavy (non-hydrogen) atoms. The smallest absolute Gasteiger partial charge is 0.254 e. The molecule has 0 unspecified atom stereocenters. The lowest BCUT2D eigenvalue weighted by Crippen LogP contribution is -2.42. The lowest BCUT2D eigenvalue weighted by atomic mass is 9.65. The van der Waals surface area contributed by atoms with Crippen LogP contribution in [-0.2, 0) is 4.79 Å². The van der Waals surface area contributed by atoms with Gasteiger partial charge in [-0.3, -0.25) is 9.59 Å². The van der Waals surface area contributed by atoms with Crippen LogP contribution in [0.1, 0.15) is 35.7 Å². The zero-order valence-electron chi connectivity index (χ0n) is 16.4. The third-order valence-corrected chi connectivity index (χ3v) is 6.17. The van der Waals surface area contributed by atoms with Crippen LogP contribution in [-0.4, -0.2) is 46.7 Å². The van der Waals surface area contributed by atoms with E-state index >= 15 is 0 Å². The maximum atomic E-state index is 12.1. The molecule has 2 aromatic rings. The fraction of sp³-hybridized carbons (Fsp3) is 0.381. The van der Waals surface area contributed by atoms with E-state index in [1.807, 2.05) is 17.0 Å². The van der Waals surface area contributed by atoms with Crippen LogP contribution in [0.4, 0.5) is 5.82 Å². The van der Waals surface area contributed by atoms with Crippen molar-refractivity contribution < 1.29 is 14.3 Å². The molecule has 2 aliphatic rings. The van der Waals surface area contributed by atoms with E-state index < -0.39 is 5.91 Å². The van der Waals surface area contributed by atoms with Crippen molar-refractivity contribution in [1.82, 2.24) is 14.7 Å². The van der Waals surface area contributed by atoms with Crippen molar-refractivity contribution in [3.8, 4) is 17.0 Å². The number of nitrogens with two attached hydrogens (primary N) is 2. The number of likely N-dealkylation sites (tertiary alicyclic amines) is 1. The standard InChI is InChI=1S/C21H25N5O3/c1-3-16(27)25-9-8-21(12-25)10-14(11-21)26-19(22)17(20(23)28)18(24-26)13-4-6-15(29-2)7-5-13/h3-7,14H,1,8-12,22H2,2H3,(H2,23,28). The Morgan fingerprint density at radius 3 is 2.59 bits per heavy atom. The van der Waals surface area contributed by atoms with Gasteiger partial charge in [0.05, 0.1) is 13.2 Å². The summed E-state index contributed by atoms with van der Waals surface area (Å²) in [5.41, 5.74) is 13.5.